The Balaban J connectivity index is 1.56. The van der Waals surface area contributed by atoms with E-state index >= 15 is 0 Å². The number of carboxylic acids is 1. The van der Waals surface area contributed by atoms with Gasteiger partial charge in [0.25, 0.3) is 0 Å². The van der Waals surface area contributed by atoms with E-state index in [-0.39, 0.29) is 11.5 Å². The van der Waals surface area contributed by atoms with Crippen molar-refractivity contribution in [2.24, 2.45) is 10.7 Å². The quantitative estimate of drug-likeness (QED) is 0.252. The summed E-state index contributed by atoms with van der Waals surface area (Å²) in [7, 11) is -4.57. The molecule has 2 aliphatic heterocycles. The molecular weight excluding hydrogens is 599 g/mol. The van der Waals surface area contributed by atoms with E-state index < -0.39 is 51.9 Å². The molecule has 0 radical (unpaired) electrons. The van der Waals surface area contributed by atoms with Crippen molar-refractivity contribution in [2.75, 3.05) is 36.2 Å². The maximum atomic E-state index is 14.3. The van der Waals surface area contributed by atoms with Gasteiger partial charge in [-0.3, -0.25) is 19.5 Å². The minimum absolute atomic E-state index is 0.174. The number of carboxylic acid groups (broad SMARTS) is 1. The predicted molar refractivity (Wildman–Crippen MR) is 163 cm³/mol. The van der Waals surface area contributed by atoms with Crippen molar-refractivity contribution in [3.8, 4) is 5.75 Å². The highest BCUT2D eigenvalue weighted by Gasteiger charge is 2.37. The second kappa shape index (κ2) is 14.1. The molecule has 0 aliphatic carbocycles. The topological polar surface area (TPSA) is 149 Å². The van der Waals surface area contributed by atoms with Crippen molar-refractivity contribution in [1.29, 1.82) is 5.41 Å². The maximum absolute atomic E-state index is 14.3. The van der Waals surface area contributed by atoms with Gasteiger partial charge in [-0.1, -0.05) is 36.8 Å². The van der Waals surface area contributed by atoms with Crippen molar-refractivity contribution in [1.82, 2.24) is 4.90 Å². The van der Waals surface area contributed by atoms with Crippen molar-refractivity contribution < 1.29 is 36.2 Å². The molecule has 0 amide bonds. The number of benzene rings is 2. The molecule has 2 aliphatic rings. The van der Waals surface area contributed by atoms with Crippen LogP contribution in [0.15, 0.2) is 53.5 Å². The molecule has 1 fully saturated rings. The summed E-state index contributed by atoms with van der Waals surface area (Å²) in [5.74, 6) is -2.51. The van der Waals surface area contributed by atoms with E-state index in [4.69, 9.17) is 15.9 Å². The second-order valence-electron chi connectivity index (χ2n) is 10.7. The number of aliphatic imine (C=N–C) groups is 1. The number of nitrogens with one attached hydrogen (secondary N) is 1. The molecule has 44 heavy (non-hydrogen) atoms. The third-order valence-electron chi connectivity index (χ3n) is 7.43. The first-order chi connectivity index (χ1) is 20.8. The lowest BCUT2D eigenvalue weighted by Gasteiger charge is -2.34. The van der Waals surface area contributed by atoms with E-state index in [1.807, 2.05) is 0 Å². The van der Waals surface area contributed by atoms with Crippen molar-refractivity contribution in [3.63, 3.8) is 0 Å². The van der Waals surface area contributed by atoms with E-state index in [0.29, 0.717) is 47.4 Å². The molecular formula is C30H36F3N5O5S. The standard InChI is InChI=1S/C30H36F3N5O5S/c31-30(32,33)25-19-23(10-11-26(25)43-24-12-16-37(17-13-24)27-9-2-1-3-14-36-27)38(44(41,42)20-28(39)40)15-5-7-21-6-4-8-22(18-21)29(34)35/h4-8,10-11,18-19,24H,1-3,9,12-17,20H2,(H3,34,35)(H,39,40)/b7-5+. The Hall–Kier alpha value is -4.07. The smallest absolute Gasteiger partial charge is 0.420 e. The van der Waals surface area contributed by atoms with Crippen molar-refractivity contribution in [3.05, 3.63) is 65.2 Å². The fourth-order valence-corrected chi connectivity index (χ4v) is 6.45. The number of alkyl halides is 3. The number of amidine groups is 2. The van der Waals surface area contributed by atoms with Crippen molar-refractivity contribution >= 4 is 39.4 Å². The van der Waals surface area contributed by atoms with Crippen LogP contribution < -0.4 is 14.8 Å². The Morgan fingerprint density at radius 3 is 2.59 bits per heavy atom. The van der Waals surface area contributed by atoms with Gasteiger partial charge in [-0.05, 0) is 42.7 Å². The van der Waals surface area contributed by atoms with Crippen LogP contribution in [0.5, 0.6) is 5.75 Å². The molecule has 2 aromatic carbocycles. The first-order valence-corrected chi connectivity index (χ1v) is 15.9. The summed E-state index contributed by atoms with van der Waals surface area (Å²) >= 11 is 0. The number of halogens is 3. The van der Waals surface area contributed by atoms with E-state index in [0.717, 1.165) is 44.1 Å². The Morgan fingerprint density at radius 2 is 1.91 bits per heavy atom. The van der Waals surface area contributed by atoms with Gasteiger partial charge in [0.05, 0.1) is 23.6 Å². The van der Waals surface area contributed by atoms with Gasteiger partial charge in [0.2, 0.25) is 10.0 Å². The van der Waals surface area contributed by atoms with Crippen LogP contribution in [0.2, 0.25) is 0 Å². The lowest BCUT2D eigenvalue weighted by atomic mass is 10.1. The van der Waals surface area contributed by atoms with Crippen LogP contribution in [0.1, 0.15) is 55.2 Å². The maximum Gasteiger partial charge on any atom is 0.420 e. The van der Waals surface area contributed by atoms with Crippen LogP contribution in [-0.2, 0) is 21.0 Å². The lowest BCUT2D eigenvalue weighted by Crippen LogP contribution is -2.42. The van der Waals surface area contributed by atoms with Gasteiger partial charge in [-0.15, -0.1) is 0 Å². The normalized spacial score (nSPS) is 16.8. The van der Waals surface area contributed by atoms with Crippen LogP contribution in [0.3, 0.4) is 0 Å². The number of rotatable bonds is 10. The highest BCUT2D eigenvalue weighted by Crippen LogP contribution is 2.40. The van der Waals surface area contributed by atoms with Crippen LogP contribution >= 0.6 is 0 Å². The summed E-state index contributed by atoms with van der Waals surface area (Å²) in [5, 5.41) is 16.8. The molecule has 4 N–H and O–H groups in total. The SMILES string of the molecule is N=C(N)c1cccc(/C=C/CN(c2ccc(OC3CCN(C4=NCCCCC4)CC3)c(C(F)(F)F)c2)S(=O)(=O)CC(=O)O)c1. The number of hydrogen-bond acceptors (Lipinski definition) is 7. The van der Waals surface area contributed by atoms with E-state index in [2.05, 4.69) is 9.89 Å². The van der Waals surface area contributed by atoms with E-state index in [1.54, 1.807) is 24.3 Å². The van der Waals surface area contributed by atoms with Gasteiger partial charge in [-0.2, -0.15) is 13.2 Å². The number of piperidine rings is 1. The molecule has 2 heterocycles. The molecule has 1 saturated heterocycles. The average molecular weight is 636 g/mol. The molecule has 0 unspecified atom stereocenters. The highest BCUT2D eigenvalue weighted by atomic mass is 32.2. The molecule has 14 heteroatoms. The summed E-state index contributed by atoms with van der Waals surface area (Å²) in [5.41, 5.74) is 4.99. The van der Waals surface area contributed by atoms with Gasteiger partial charge < -0.3 is 20.5 Å². The third-order valence-corrected chi connectivity index (χ3v) is 9.07. The Labute approximate surface area is 254 Å². The largest absolute Gasteiger partial charge is 0.490 e. The second-order valence-corrected chi connectivity index (χ2v) is 12.6. The molecule has 0 spiro atoms. The minimum Gasteiger partial charge on any atom is -0.490 e. The zero-order valence-corrected chi connectivity index (χ0v) is 24.9. The highest BCUT2D eigenvalue weighted by molar-refractivity contribution is 7.93. The lowest BCUT2D eigenvalue weighted by molar-refractivity contribution is -0.139. The number of nitrogens with zero attached hydrogens (tertiary/aromatic N) is 3. The number of carbonyl (C=O) groups is 1. The van der Waals surface area contributed by atoms with Gasteiger partial charge >= 0.3 is 12.1 Å². The number of hydrogen-bond donors (Lipinski definition) is 3. The van der Waals surface area contributed by atoms with Crippen LogP contribution in [-0.4, -0.2) is 74.1 Å². The van der Waals surface area contributed by atoms with E-state index in [1.165, 1.54) is 18.2 Å². The Kier molecular flexibility index (Phi) is 10.6. The summed E-state index contributed by atoms with van der Waals surface area (Å²) in [4.78, 5) is 18.2. The molecule has 4 rings (SSSR count). The fourth-order valence-electron chi connectivity index (χ4n) is 5.23. The number of ether oxygens (including phenoxy) is 1. The summed E-state index contributed by atoms with van der Waals surface area (Å²) in [6.45, 7) is 1.58. The Bertz CT molecular complexity index is 1520. The number of nitrogens with two attached hydrogens (primary N) is 1. The van der Waals surface area contributed by atoms with Gasteiger partial charge in [0.1, 0.15) is 17.7 Å². The first kappa shape index (κ1) is 32.8. The first-order valence-electron chi connectivity index (χ1n) is 14.3. The van der Waals surface area contributed by atoms with Gasteiger partial charge in [-0.25, -0.2) is 8.42 Å². The molecule has 0 aromatic heterocycles. The molecule has 238 valence electrons. The van der Waals surface area contributed by atoms with E-state index in [9.17, 15) is 31.5 Å². The van der Waals surface area contributed by atoms with Gasteiger partial charge in [0.15, 0.2) is 5.75 Å². The van der Waals surface area contributed by atoms with Gasteiger partial charge in [0, 0.05) is 44.5 Å². The number of likely N-dealkylation sites (tertiary alicyclic amines) is 1. The summed E-state index contributed by atoms with van der Waals surface area (Å²) in [6.07, 6.45) is 2.71. The molecule has 10 nitrogen and oxygen atoms in total. The molecule has 0 atom stereocenters. The summed E-state index contributed by atoms with van der Waals surface area (Å²) < 4.78 is 75.3. The van der Waals surface area contributed by atoms with Crippen LogP contribution in [0, 0.1) is 5.41 Å². The molecule has 0 saturated carbocycles. The molecule has 0 bridgehead atoms. The number of nitrogen functional groups attached to an aromatic ring is 1. The fraction of sp³-hybridized carbons (Fsp3) is 0.433. The average Bonchev–Trinajstić information content (AvgIpc) is 3.25. The molecule has 2 aromatic rings. The predicted octanol–water partition coefficient (Wildman–Crippen LogP) is 4.74. The number of sulfonamides is 1. The number of anilines is 1. The monoisotopic (exact) mass is 635 g/mol. The van der Waals surface area contributed by atoms with Crippen LogP contribution in [0.4, 0.5) is 18.9 Å². The Morgan fingerprint density at radius 1 is 1.16 bits per heavy atom. The van der Waals surface area contributed by atoms with Crippen molar-refractivity contribution in [2.45, 2.75) is 50.8 Å². The third kappa shape index (κ3) is 8.74. The minimum atomic E-state index is -4.87. The summed E-state index contributed by atoms with van der Waals surface area (Å²) in [6, 6.07) is 9.44. The van der Waals surface area contributed by atoms with Crippen LogP contribution in [0.25, 0.3) is 6.08 Å². The zero-order valence-electron chi connectivity index (χ0n) is 24.1. The zero-order chi connectivity index (χ0) is 31.9. The number of aliphatic carboxylic acids is 1.